The standard InChI is InChI=1S/C19H36N2/c1-17-10-11-18(2)19(16-17,13-9-15-21)12-7-5-3-4-6-8-14-20/h10-11,16,18H,3-9,12-15,20-21H2,1-2H3. The molecular formula is C19H36N2. The Labute approximate surface area is 132 Å². The van der Waals surface area contributed by atoms with Gasteiger partial charge in [0.15, 0.2) is 0 Å². The third kappa shape index (κ3) is 6.36. The lowest BCUT2D eigenvalue weighted by Crippen LogP contribution is -2.29. The molecule has 0 aromatic carbocycles. The Morgan fingerprint density at radius 3 is 2.14 bits per heavy atom. The summed E-state index contributed by atoms with van der Waals surface area (Å²) in [7, 11) is 0. The van der Waals surface area contributed by atoms with Gasteiger partial charge in [-0.05, 0) is 57.0 Å². The molecule has 2 unspecified atom stereocenters. The molecule has 2 heteroatoms. The summed E-state index contributed by atoms with van der Waals surface area (Å²) in [6, 6.07) is 0. The van der Waals surface area contributed by atoms with E-state index < -0.39 is 0 Å². The molecule has 21 heavy (non-hydrogen) atoms. The van der Waals surface area contributed by atoms with Gasteiger partial charge in [0.1, 0.15) is 0 Å². The summed E-state index contributed by atoms with van der Waals surface area (Å²) in [6.07, 6.45) is 18.8. The van der Waals surface area contributed by atoms with Gasteiger partial charge >= 0.3 is 0 Å². The van der Waals surface area contributed by atoms with E-state index in [4.69, 9.17) is 11.5 Å². The van der Waals surface area contributed by atoms with E-state index in [1.54, 1.807) is 0 Å². The van der Waals surface area contributed by atoms with Gasteiger partial charge in [-0.25, -0.2) is 0 Å². The number of rotatable bonds is 11. The molecule has 1 aliphatic carbocycles. The van der Waals surface area contributed by atoms with E-state index in [1.807, 2.05) is 0 Å². The van der Waals surface area contributed by atoms with E-state index in [0.717, 1.165) is 19.5 Å². The summed E-state index contributed by atoms with van der Waals surface area (Å²) in [5.74, 6) is 0.644. The number of nitrogens with two attached hydrogens (primary N) is 2. The van der Waals surface area contributed by atoms with Gasteiger partial charge in [-0.1, -0.05) is 62.8 Å². The summed E-state index contributed by atoms with van der Waals surface area (Å²) in [5.41, 5.74) is 13.1. The van der Waals surface area contributed by atoms with E-state index in [0.29, 0.717) is 11.3 Å². The molecule has 2 nitrogen and oxygen atoms in total. The van der Waals surface area contributed by atoms with Crippen LogP contribution in [0.4, 0.5) is 0 Å². The largest absolute Gasteiger partial charge is 0.330 e. The highest BCUT2D eigenvalue weighted by Crippen LogP contribution is 2.43. The maximum absolute atomic E-state index is 5.76. The van der Waals surface area contributed by atoms with Gasteiger partial charge in [-0.15, -0.1) is 0 Å². The molecule has 0 aromatic heterocycles. The first-order valence-corrected chi connectivity index (χ1v) is 8.92. The van der Waals surface area contributed by atoms with Gasteiger partial charge in [0.2, 0.25) is 0 Å². The van der Waals surface area contributed by atoms with Crippen molar-refractivity contribution < 1.29 is 0 Å². The van der Waals surface area contributed by atoms with E-state index in [9.17, 15) is 0 Å². The third-order valence-electron chi connectivity index (χ3n) is 5.01. The lowest BCUT2D eigenvalue weighted by Gasteiger charge is -2.38. The van der Waals surface area contributed by atoms with Crippen LogP contribution in [0.3, 0.4) is 0 Å². The molecule has 1 aliphatic rings. The zero-order valence-corrected chi connectivity index (χ0v) is 14.2. The molecule has 0 fully saturated rings. The number of unbranched alkanes of at least 4 members (excludes halogenated alkanes) is 5. The van der Waals surface area contributed by atoms with Gasteiger partial charge in [0, 0.05) is 0 Å². The van der Waals surface area contributed by atoms with Crippen LogP contribution in [-0.2, 0) is 0 Å². The molecule has 1 rings (SSSR count). The van der Waals surface area contributed by atoms with Crippen molar-refractivity contribution in [2.75, 3.05) is 13.1 Å². The van der Waals surface area contributed by atoms with E-state index >= 15 is 0 Å². The van der Waals surface area contributed by atoms with Crippen LogP contribution in [0.5, 0.6) is 0 Å². The molecule has 0 spiro atoms. The molecule has 0 radical (unpaired) electrons. The summed E-state index contributed by atoms with van der Waals surface area (Å²) < 4.78 is 0. The quantitative estimate of drug-likeness (QED) is 0.549. The van der Waals surface area contributed by atoms with Gasteiger partial charge in [0.05, 0.1) is 0 Å². The minimum Gasteiger partial charge on any atom is -0.330 e. The molecule has 0 saturated heterocycles. The van der Waals surface area contributed by atoms with Crippen molar-refractivity contribution in [2.24, 2.45) is 22.8 Å². The Balaban J connectivity index is 2.42. The first-order chi connectivity index (χ1) is 10.1. The van der Waals surface area contributed by atoms with E-state index in [1.165, 1.54) is 56.9 Å². The maximum atomic E-state index is 5.76. The average Bonchev–Trinajstić information content (AvgIpc) is 2.48. The molecule has 2 atom stereocenters. The fourth-order valence-electron chi connectivity index (χ4n) is 3.58. The van der Waals surface area contributed by atoms with Gasteiger partial charge < -0.3 is 11.5 Å². The Morgan fingerprint density at radius 2 is 1.48 bits per heavy atom. The second kappa shape index (κ2) is 10.2. The SMILES string of the molecule is CC1=CC(CCCN)(CCCCCCCCN)C(C)C=C1. The molecule has 4 N–H and O–H groups in total. The zero-order chi connectivity index (χ0) is 15.6. The molecule has 0 amide bonds. The van der Waals surface area contributed by atoms with Crippen molar-refractivity contribution in [3.8, 4) is 0 Å². The Hall–Kier alpha value is -0.600. The predicted octanol–water partition coefficient (Wildman–Crippen LogP) is 4.55. The monoisotopic (exact) mass is 292 g/mol. The fourth-order valence-corrected chi connectivity index (χ4v) is 3.58. The number of allylic oxidation sites excluding steroid dienone is 4. The molecule has 0 heterocycles. The second-order valence-corrected chi connectivity index (χ2v) is 6.82. The van der Waals surface area contributed by atoms with Crippen LogP contribution >= 0.6 is 0 Å². The lowest BCUT2D eigenvalue weighted by atomic mass is 9.66. The Bertz CT molecular complexity index is 332. The highest BCUT2D eigenvalue weighted by atomic mass is 14.5. The van der Waals surface area contributed by atoms with Crippen LogP contribution in [-0.4, -0.2) is 13.1 Å². The summed E-state index contributed by atoms with van der Waals surface area (Å²) in [6.45, 7) is 6.25. The van der Waals surface area contributed by atoms with Crippen molar-refractivity contribution in [3.05, 3.63) is 23.8 Å². The van der Waals surface area contributed by atoms with Crippen LogP contribution in [0.2, 0.25) is 0 Å². The van der Waals surface area contributed by atoms with Crippen molar-refractivity contribution in [2.45, 2.75) is 71.6 Å². The average molecular weight is 293 g/mol. The van der Waals surface area contributed by atoms with Crippen molar-refractivity contribution >= 4 is 0 Å². The molecule has 0 bridgehead atoms. The predicted molar refractivity (Wildman–Crippen MR) is 94.2 cm³/mol. The summed E-state index contributed by atoms with van der Waals surface area (Å²) >= 11 is 0. The van der Waals surface area contributed by atoms with Gasteiger partial charge in [0.25, 0.3) is 0 Å². The van der Waals surface area contributed by atoms with Crippen LogP contribution < -0.4 is 11.5 Å². The Morgan fingerprint density at radius 1 is 0.905 bits per heavy atom. The molecular weight excluding hydrogens is 256 g/mol. The molecule has 0 aromatic rings. The summed E-state index contributed by atoms with van der Waals surface area (Å²) in [4.78, 5) is 0. The lowest BCUT2D eigenvalue weighted by molar-refractivity contribution is 0.230. The molecule has 122 valence electrons. The van der Waals surface area contributed by atoms with Crippen LogP contribution in [0, 0.1) is 11.3 Å². The highest BCUT2D eigenvalue weighted by molar-refractivity contribution is 5.27. The van der Waals surface area contributed by atoms with Crippen LogP contribution in [0.15, 0.2) is 23.8 Å². The van der Waals surface area contributed by atoms with Gasteiger partial charge in [-0.2, -0.15) is 0 Å². The Kier molecular flexibility index (Phi) is 8.94. The number of hydrogen-bond donors (Lipinski definition) is 2. The fraction of sp³-hybridized carbons (Fsp3) is 0.789. The van der Waals surface area contributed by atoms with Crippen LogP contribution in [0.1, 0.15) is 71.6 Å². The number of hydrogen-bond acceptors (Lipinski definition) is 2. The first kappa shape index (κ1) is 18.4. The maximum Gasteiger partial charge on any atom is -0.00519 e. The molecule has 0 aliphatic heterocycles. The third-order valence-corrected chi connectivity index (χ3v) is 5.01. The van der Waals surface area contributed by atoms with E-state index in [2.05, 4.69) is 32.1 Å². The zero-order valence-electron chi connectivity index (χ0n) is 14.2. The van der Waals surface area contributed by atoms with Crippen molar-refractivity contribution in [3.63, 3.8) is 0 Å². The highest BCUT2D eigenvalue weighted by Gasteiger charge is 2.33. The first-order valence-electron chi connectivity index (χ1n) is 8.92. The minimum absolute atomic E-state index is 0.357. The second-order valence-electron chi connectivity index (χ2n) is 6.82. The van der Waals surface area contributed by atoms with Gasteiger partial charge in [-0.3, -0.25) is 0 Å². The van der Waals surface area contributed by atoms with Crippen LogP contribution in [0.25, 0.3) is 0 Å². The van der Waals surface area contributed by atoms with E-state index in [-0.39, 0.29) is 0 Å². The van der Waals surface area contributed by atoms with Crippen molar-refractivity contribution in [1.82, 2.24) is 0 Å². The minimum atomic E-state index is 0.357. The normalized spacial score (nSPS) is 25.1. The summed E-state index contributed by atoms with van der Waals surface area (Å²) in [5, 5.41) is 0. The smallest absolute Gasteiger partial charge is 0.00519 e. The molecule has 0 saturated carbocycles. The topological polar surface area (TPSA) is 52.0 Å². The van der Waals surface area contributed by atoms with Crippen molar-refractivity contribution in [1.29, 1.82) is 0 Å².